The SMILES string of the molecule is N=C1NN(c2ccccc2)CC1CN1CCOCC1. The van der Waals surface area contributed by atoms with Crippen molar-refractivity contribution in [3.05, 3.63) is 30.3 Å². The number of para-hydroxylation sites is 1. The van der Waals surface area contributed by atoms with Crippen LogP contribution in [-0.4, -0.2) is 50.1 Å². The Morgan fingerprint density at radius 1 is 1.21 bits per heavy atom. The first-order valence-corrected chi connectivity index (χ1v) is 6.81. The summed E-state index contributed by atoms with van der Waals surface area (Å²) in [6.45, 7) is 5.40. The highest BCUT2D eigenvalue weighted by Gasteiger charge is 2.29. The van der Waals surface area contributed by atoms with Gasteiger partial charge in [-0.05, 0) is 12.1 Å². The highest BCUT2D eigenvalue weighted by atomic mass is 16.5. The first kappa shape index (κ1) is 12.4. The molecule has 0 aromatic heterocycles. The molecule has 1 unspecified atom stereocenters. The fraction of sp³-hybridized carbons (Fsp3) is 0.500. The van der Waals surface area contributed by atoms with Gasteiger partial charge in [0.2, 0.25) is 0 Å². The maximum Gasteiger partial charge on any atom is 0.118 e. The van der Waals surface area contributed by atoms with Gasteiger partial charge in [0.25, 0.3) is 0 Å². The molecule has 2 saturated heterocycles. The lowest BCUT2D eigenvalue weighted by Gasteiger charge is -2.28. The Bertz CT molecular complexity index is 430. The van der Waals surface area contributed by atoms with Crippen molar-refractivity contribution >= 4 is 11.5 Å². The van der Waals surface area contributed by atoms with Crippen LogP contribution in [0.2, 0.25) is 0 Å². The lowest BCUT2D eigenvalue weighted by atomic mass is 10.1. The number of morpholine rings is 1. The lowest BCUT2D eigenvalue weighted by molar-refractivity contribution is 0.0350. The van der Waals surface area contributed by atoms with Crippen LogP contribution in [0.3, 0.4) is 0 Å². The van der Waals surface area contributed by atoms with Gasteiger partial charge in [0, 0.05) is 19.6 Å². The monoisotopic (exact) mass is 260 g/mol. The zero-order valence-corrected chi connectivity index (χ0v) is 11.0. The molecule has 1 aromatic rings. The summed E-state index contributed by atoms with van der Waals surface area (Å²) >= 11 is 0. The fourth-order valence-corrected chi connectivity index (χ4v) is 2.62. The third-order valence-corrected chi connectivity index (χ3v) is 3.72. The predicted octanol–water partition coefficient (Wildman–Crippen LogP) is 0.937. The summed E-state index contributed by atoms with van der Waals surface area (Å²) in [4.78, 5) is 2.39. The van der Waals surface area contributed by atoms with Crippen LogP contribution in [0.25, 0.3) is 0 Å². The minimum atomic E-state index is 0.262. The molecule has 0 spiro atoms. The number of amidine groups is 1. The van der Waals surface area contributed by atoms with Gasteiger partial charge in [0.05, 0.1) is 31.4 Å². The number of hydrogen-bond donors (Lipinski definition) is 2. The van der Waals surface area contributed by atoms with Crippen molar-refractivity contribution in [3.8, 4) is 0 Å². The zero-order valence-electron chi connectivity index (χ0n) is 11.0. The van der Waals surface area contributed by atoms with E-state index in [2.05, 4.69) is 27.5 Å². The van der Waals surface area contributed by atoms with Crippen LogP contribution in [0.4, 0.5) is 5.69 Å². The zero-order chi connectivity index (χ0) is 13.1. The van der Waals surface area contributed by atoms with E-state index in [1.807, 2.05) is 18.2 Å². The van der Waals surface area contributed by atoms with Crippen LogP contribution in [0.5, 0.6) is 0 Å². The van der Waals surface area contributed by atoms with E-state index in [0.717, 1.165) is 45.1 Å². The number of nitrogens with one attached hydrogen (secondary N) is 2. The molecule has 0 radical (unpaired) electrons. The van der Waals surface area contributed by atoms with E-state index in [0.29, 0.717) is 5.84 Å². The number of benzene rings is 1. The number of anilines is 1. The molecular weight excluding hydrogens is 240 g/mol. The van der Waals surface area contributed by atoms with E-state index in [4.69, 9.17) is 10.1 Å². The molecule has 5 heteroatoms. The highest BCUT2D eigenvalue weighted by Crippen LogP contribution is 2.19. The van der Waals surface area contributed by atoms with Gasteiger partial charge in [-0.3, -0.25) is 20.7 Å². The summed E-state index contributed by atoms with van der Waals surface area (Å²) < 4.78 is 5.36. The summed E-state index contributed by atoms with van der Waals surface area (Å²) in [6.07, 6.45) is 0. The van der Waals surface area contributed by atoms with Gasteiger partial charge in [-0.2, -0.15) is 0 Å². The molecule has 2 N–H and O–H groups in total. The molecule has 2 heterocycles. The number of rotatable bonds is 3. The molecule has 102 valence electrons. The van der Waals surface area contributed by atoms with Crippen molar-refractivity contribution in [3.63, 3.8) is 0 Å². The number of hydrazine groups is 1. The molecule has 5 nitrogen and oxygen atoms in total. The van der Waals surface area contributed by atoms with E-state index in [1.165, 1.54) is 0 Å². The van der Waals surface area contributed by atoms with Crippen molar-refractivity contribution in [1.82, 2.24) is 10.3 Å². The second-order valence-electron chi connectivity index (χ2n) is 5.08. The van der Waals surface area contributed by atoms with Crippen molar-refractivity contribution < 1.29 is 4.74 Å². The normalized spacial score (nSPS) is 24.5. The van der Waals surface area contributed by atoms with Crippen LogP contribution in [0.1, 0.15) is 0 Å². The average Bonchev–Trinajstić information content (AvgIpc) is 2.82. The Morgan fingerprint density at radius 3 is 2.68 bits per heavy atom. The van der Waals surface area contributed by atoms with Crippen LogP contribution in [-0.2, 0) is 4.74 Å². The Labute approximate surface area is 113 Å². The fourth-order valence-electron chi connectivity index (χ4n) is 2.62. The molecular formula is C14H20N4O. The highest BCUT2D eigenvalue weighted by molar-refractivity contribution is 5.86. The molecule has 1 aromatic carbocycles. The molecule has 0 bridgehead atoms. The number of hydrogen-bond acceptors (Lipinski definition) is 4. The smallest absolute Gasteiger partial charge is 0.118 e. The Kier molecular flexibility index (Phi) is 3.66. The van der Waals surface area contributed by atoms with Gasteiger partial charge >= 0.3 is 0 Å². The molecule has 2 aliphatic heterocycles. The Balaban J connectivity index is 1.60. The van der Waals surface area contributed by atoms with E-state index in [9.17, 15) is 0 Å². The van der Waals surface area contributed by atoms with Crippen molar-refractivity contribution in [2.24, 2.45) is 5.92 Å². The molecule has 0 aliphatic carbocycles. The molecule has 0 amide bonds. The van der Waals surface area contributed by atoms with Crippen LogP contribution >= 0.6 is 0 Å². The van der Waals surface area contributed by atoms with Crippen molar-refractivity contribution in [2.75, 3.05) is 44.4 Å². The first-order chi connectivity index (χ1) is 9.33. The lowest BCUT2D eigenvalue weighted by Crippen LogP contribution is -2.41. The van der Waals surface area contributed by atoms with Crippen LogP contribution in [0.15, 0.2) is 30.3 Å². The standard InChI is InChI=1S/C14H20N4O/c15-14-12(10-17-6-8-19-9-7-17)11-18(16-14)13-4-2-1-3-5-13/h1-5,12H,6-11H2,(H2,15,16). The molecule has 1 atom stereocenters. The van der Waals surface area contributed by atoms with Crippen LogP contribution < -0.4 is 10.4 Å². The molecule has 2 aliphatic rings. The van der Waals surface area contributed by atoms with Crippen LogP contribution in [0, 0.1) is 11.3 Å². The van der Waals surface area contributed by atoms with E-state index in [-0.39, 0.29) is 5.92 Å². The topological polar surface area (TPSA) is 51.6 Å². The second-order valence-corrected chi connectivity index (χ2v) is 5.08. The summed E-state index contributed by atoms with van der Waals surface area (Å²) in [5.41, 5.74) is 4.29. The first-order valence-electron chi connectivity index (χ1n) is 6.81. The molecule has 0 saturated carbocycles. The van der Waals surface area contributed by atoms with E-state index >= 15 is 0 Å². The van der Waals surface area contributed by atoms with E-state index in [1.54, 1.807) is 0 Å². The van der Waals surface area contributed by atoms with Crippen molar-refractivity contribution in [2.45, 2.75) is 0 Å². The number of ether oxygens (including phenoxy) is 1. The quantitative estimate of drug-likeness (QED) is 0.849. The maximum atomic E-state index is 8.09. The second kappa shape index (κ2) is 5.59. The summed E-state index contributed by atoms with van der Waals surface area (Å²) in [5.74, 6) is 0.883. The van der Waals surface area contributed by atoms with Gasteiger partial charge in [-0.1, -0.05) is 18.2 Å². The van der Waals surface area contributed by atoms with Gasteiger partial charge in [-0.25, -0.2) is 0 Å². The summed E-state index contributed by atoms with van der Waals surface area (Å²) in [6, 6.07) is 10.2. The average molecular weight is 260 g/mol. The van der Waals surface area contributed by atoms with Gasteiger partial charge in [0.15, 0.2) is 0 Å². The van der Waals surface area contributed by atoms with Crippen molar-refractivity contribution in [1.29, 1.82) is 5.41 Å². The van der Waals surface area contributed by atoms with Gasteiger partial charge in [0.1, 0.15) is 5.84 Å². The third-order valence-electron chi connectivity index (χ3n) is 3.72. The number of nitrogens with zero attached hydrogens (tertiary/aromatic N) is 2. The third kappa shape index (κ3) is 2.88. The molecule has 3 rings (SSSR count). The molecule has 2 fully saturated rings. The molecule has 19 heavy (non-hydrogen) atoms. The maximum absolute atomic E-state index is 8.09. The minimum absolute atomic E-state index is 0.262. The Hall–Kier alpha value is -1.59. The summed E-state index contributed by atoms with van der Waals surface area (Å²) in [5, 5.41) is 10.2. The summed E-state index contributed by atoms with van der Waals surface area (Å²) in [7, 11) is 0. The Morgan fingerprint density at radius 2 is 1.95 bits per heavy atom. The largest absolute Gasteiger partial charge is 0.379 e. The van der Waals surface area contributed by atoms with Gasteiger partial charge < -0.3 is 4.74 Å². The predicted molar refractivity (Wildman–Crippen MR) is 75.4 cm³/mol. The minimum Gasteiger partial charge on any atom is -0.379 e. The van der Waals surface area contributed by atoms with Gasteiger partial charge in [-0.15, -0.1) is 0 Å². The van der Waals surface area contributed by atoms with E-state index < -0.39 is 0 Å².